The zero-order valence-electron chi connectivity index (χ0n) is 15.5. The summed E-state index contributed by atoms with van der Waals surface area (Å²) in [6.07, 6.45) is -9.74. The van der Waals surface area contributed by atoms with Crippen molar-refractivity contribution >= 4 is 5.69 Å². The van der Waals surface area contributed by atoms with E-state index in [4.69, 9.17) is 5.73 Å². The lowest BCUT2D eigenvalue weighted by molar-refractivity contribution is -0.137. The molecule has 2 atom stereocenters. The number of nitrogen functional groups attached to an aromatic ring is 1. The molecule has 0 spiro atoms. The number of hydrogen-bond acceptors (Lipinski definition) is 3. The first-order valence-corrected chi connectivity index (χ1v) is 8.76. The highest BCUT2D eigenvalue weighted by molar-refractivity contribution is 5.50. The van der Waals surface area contributed by atoms with Crippen molar-refractivity contribution in [3.63, 3.8) is 0 Å². The van der Waals surface area contributed by atoms with Gasteiger partial charge < -0.3 is 16.2 Å². The predicted octanol–water partition coefficient (Wildman–Crippen LogP) is 4.62. The molecule has 0 radical (unpaired) electrons. The second kappa shape index (κ2) is 8.45. The van der Waals surface area contributed by atoms with E-state index in [0.717, 1.165) is 29.8 Å². The van der Waals surface area contributed by atoms with Crippen molar-refractivity contribution in [2.45, 2.75) is 51.1 Å². The summed E-state index contributed by atoms with van der Waals surface area (Å²) in [6, 6.07) is 9.11. The highest BCUT2D eigenvalue weighted by Gasteiger charge is 2.43. The largest absolute Gasteiger partial charge is 0.416 e. The quantitative estimate of drug-likeness (QED) is 0.468. The lowest BCUT2D eigenvalue weighted by Gasteiger charge is -2.39. The van der Waals surface area contributed by atoms with Crippen LogP contribution in [0.1, 0.15) is 35.6 Å². The fourth-order valence-corrected chi connectivity index (χ4v) is 3.30. The highest BCUT2D eigenvalue weighted by atomic mass is 19.4. The second-order valence-electron chi connectivity index (χ2n) is 6.68. The first-order valence-electron chi connectivity index (χ1n) is 8.76. The molecule has 28 heavy (non-hydrogen) atoms. The van der Waals surface area contributed by atoms with Gasteiger partial charge in [0.15, 0.2) is 0 Å². The molecule has 2 aromatic rings. The van der Waals surface area contributed by atoms with Crippen LogP contribution < -0.4 is 11.1 Å². The zero-order valence-corrected chi connectivity index (χ0v) is 15.5. The monoisotopic (exact) mass is 402 g/mol. The zero-order chi connectivity index (χ0) is 21.1. The minimum absolute atomic E-state index is 0.0235. The van der Waals surface area contributed by atoms with Crippen molar-refractivity contribution in [1.82, 2.24) is 5.32 Å². The molecule has 0 amide bonds. The van der Waals surface area contributed by atoms with Gasteiger partial charge in [0.1, 0.15) is 6.10 Å². The maximum absolute atomic E-state index is 13.5. The Morgan fingerprint density at radius 3 is 2.07 bits per heavy atom. The van der Waals surface area contributed by atoms with Gasteiger partial charge in [-0.2, -0.15) is 13.2 Å². The first-order chi connectivity index (χ1) is 13.0. The molecule has 0 heterocycles. The number of halogens is 5. The summed E-state index contributed by atoms with van der Waals surface area (Å²) in [5.74, 6) is 0. The lowest BCUT2D eigenvalue weighted by Crippen LogP contribution is -2.54. The van der Waals surface area contributed by atoms with E-state index in [1.165, 1.54) is 0 Å². The standard InChI is InChI=1S/C20H23F5N2O/c1-3-19(17(28)18(21)22,13-7-9-14(10-8-13)20(23,24)25)27-11-15-12(2)5-4-6-16(15)26/h4-10,17-18,27-28H,3,11,26H2,1-2H3. The third-order valence-electron chi connectivity index (χ3n) is 5.06. The van der Waals surface area contributed by atoms with Gasteiger partial charge in [-0.05, 0) is 48.2 Å². The van der Waals surface area contributed by atoms with Crippen LogP contribution in [0.2, 0.25) is 0 Å². The number of alkyl halides is 5. The molecule has 0 aliphatic rings. The number of aliphatic hydroxyl groups excluding tert-OH is 1. The van der Waals surface area contributed by atoms with Crippen molar-refractivity contribution in [3.8, 4) is 0 Å². The van der Waals surface area contributed by atoms with Crippen LogP contribution in [0.15, 0.2) is 42.5 Å². The maximum Gasteiger partial charge on any atom is 0.416 e. The van der Waals surface area contributed by atoms with Crippen molar-refractivity contribution in [2.75, 3.05) is 5.73 Å². The highest BCUT2D eigenvalue weighted by Crippen LogP contribution is 2.36. The SMILES string of the molecule is CCC(NCc1c(C)cccc1N)(c1ccc(C(F)(F)F)cc1)C(O)C(F)F. The normalized spacial score (nSPS) is 15.5. The van der Waals surface area contributed by atoms with Crippen molar-refractivity contribution in [3.05, 3.63) is 64.7 Å². The molecule has 0 saturated heterocycles. The number of aryl methyl sites for hydroxylation is 1. The molecular weight excluding hydrogens is 379 g/mol. The molecule has 0 fully saturated rings. The Balaban J connectivity index is 2.45. The lowest BCUT2D eigenvalue weighted by atomic mass is 9.81. The van der Waals surface area contributed by atoms with Gasteiger partial charge in [-0.25, -0.2) is 8.78 Å². The smallest absolute Gasteiger partial charge is 0.398 e. The molecule has 2 unspecified atom stereocenters. The number of aliphatic hydroxyl groups is 1. The summed E-state index contributed by atoms with van der Waals surface area (Å²) in [5.41, 5.74) is 5.52. The van der Waals surface area contributed by atoms with E-state index in [2.05, 4.69) is 5.32 Å². The van der Waals surface area contributed by atoms with Crippen LogP contribution >= 0.6 is 0 Å². The van der Waals surface area contributed by atoms with Gasteiger partial charge in [0.2, 0.25) is 0 Å². The summed E-state index contributed by atoms with van der Waals surface area (Å²) in [7, 11) is 0. The van der Waals surface area contributed by atoms with Gasteiger partial charge in [0.05, 0.1) is 11.1 Å². The molecule has 3 nitrogen and oxygen atoms in total. The number of hydrogen-bond donors (Lipinski definition) is 3. The molecular formula is C20H23F5N2O. The Labute approximate surface area is 160 Å². The van der Waals surface area contributed by atoms with Crippen molar-refractivity contribution in [2.24, 2.45) is 0 Å². The van der Waals surface area contributed by atoms with E-state index in [1.807, 2.05) is 13.0 Å². The average molecular weight is 402 g/mol. The number of nitrogens with two attached hydrogens (primary N) is 1. The van der Waals surface area contributed by atoms with Crippen LogP contribution in [0.5, 0.6) is 0 Å². The Kier molecular flexibility index (Phi) is 6.67. The summed E-state index contributed by atoms with van der Waals surface area (Å²) < 4.78 is 65.4. The Hall–Kier alpha value is -2.19. The Morgan fingerprint density at radius 2 is 1.61 bits per heavy atom. The van der Waals surface area contributed by atoms with Gasteiger partial charge in [-0.3, -0.25) is 0 Å². The molecule has 0 aliphatic carbocycles. The molecule has 4 N–H and O–H groups in total. The fraction of sp³-hybridized carbons (Fsp3) is 0.400. The topological polar surface area (TPSA) is 58.3 Å². The number of benzene rings is 2. The van der Waals surface area contributed by atoms with Crippen LogP contribution in [-0.4, -0.2) is 17.6 Å². The summed E-state index contributed by atoms with van der Waals surface area (Å²) in [4.78, 5) is 0. The van der Waals surface area contributed by atoms with Crippen LogP contribution in [0.3, 0.4) is 0 Å². The van der Waals surface area contributed by atoms with Crippen LogP contribution in [0.4, 0.5) is 27.6 Å². The third-order valence-corrected chi connectivity index (χ3v) is 5.06. The summed E-state index contributed by atoms with van der Waals surface area (Å²) in [6.45, 7) is 3.46. The molecule has 0 aliphatic heterocycles. The predicted molar refractivity (Wildman–Crippen MR) is 97.9 cm³/mol. The van der Waals surface area contributed by atoms with E-state index >= 15 is 0 Å². The Bertz CT molecular complexity index is 772. The average Bonchev–Trinajstić information content (AvgIpc) is 2.63. The third kappa shape index (κ3) is 4.44. The van der Waals surface area contributed by atoms with Gasteiger partial charge >= 0.3 is 6.18 Å². The van der Waals surface area contributed by atoms with E-state index < -0.39 is 29.8 Å². The summed E-state index contributed by atoms with van der Waals surface area (Å²) in [5, 5.41) is 13.2. The molecule has 0 bridgehead atoms. The summed E-state index contributed by atoms with van der Waals surface area (Å²) >= 11 is 0. The molecule has 8 heteroatoms. The number of rotatable bonds is 7. The molecule has 2 aromatic carbocycles. The molecule has 154 valence electrons. The minimum Gasteiger partial charge on any atom is -0.398 e. The second-order valence-corrected chi connectivity index (χ2v) is 6.68. The van der Waals surface area contributed by atoms with Crippen LogP contribution in [0.25, 0.3) is 0 Å². The maximum atomic E-state index is 13.5. The minimum atomic E-state index is -4.54. The van der Waals surface area contributed by atoms with E-state index in [1.54, 1.807) is 19.1 Å². The van der Waals surface area contributed by atoms with E-state index in [9.17, 15) is 27.1 Å². The first kappa shape index (κ1) is 22.1. The molecule has 0 aromatic heterocycles. The van der Waals surface area contributed by atoms with Crippen molar-refractivity contribution in [1.29, 1.82) is 0 Å². The molecule has 0 saturated carbocycles. The molecule has 2 rings (SSSR count). The Morgan fingerprint density at radius 1 is 1.04 bits per heavy atom. The van der Waals surface area contributed by atoms with Crippen LogP contribution in [0, 0.1) is 6.92 Å². The van der Waals surface area contributed by atoms with E-state index in [0.29, 0.717) is 11.3 Å². The van der Waals surface area contributed by atoms with Gasteiger partial charge in [-0.1, -0.05) is 31.2 Å². The van der Waals surface area contributed by atoms with Crippen LogP contribution in [-0.2, 0) is 18.3 Å². The number of anilines is 1. The van der Waals surface area contributed by atoms with Crippen molar-refractivity contribution < 1.29 is 27.1 Å². The van der Waals surface area contributed by atoms with Gasteiger partial charge in [0, 0.05) is 12.2 Å². The van der Waals surface area contributed by atoms with Gasteiger partial charge in [0.25, 0.3) is 6.43 Å². The van der Waals surface area contributed by atoms with Gasteiger partial charge in [-0.15, -0.1) is 0 Å². The van der Waals surface area contributed by atoms with E-state index in [-0.39, 0.29) is 18.5 Å². The number of nitrogens with one attached hydrogen (secondary N) is 1. The fourth-order valence-electron chi connectivity index (χ4n) is 3.30.